The molecule has 1 heterocycles. The minimum atomic E-state index is -5.11. The van der Waals surface area contributed by atoms with Crippen molar-refractivity contribution in [3.63, 3.8) is 0 Å². The van der Waals surface area contributed by atoms with Gasteiger partial charge in [0.1, 0.15) is 18.1 Å². The molecule has 0 saturated heterocycles. The number of primary amides is 1. The largest absolute Gasteiger partial charge is 0.416 e. The topological polar surface area (TPSA) is 161 Å². The van der Waals surface area contributed by atoms with Gasteiger partial charge >= 0.3 is 18.0 Å². The first kappa shape index (κ1) is 34.1. The Morgan fingerprint density at radius 1 is 1.05 bits per heavy atom. The Bertz CT molecular complexity index is 1600. The van der Waals surface area contributed by atoms with Crippen LogP contribution in [0.3, 0.4) is 0 Å². The Morgan fingerprint density at radius 3 is 2.20 bits per heavy atom. The minimum absolute atomic E-state index is 0.0925. The van der Waals surface area contributed by atoms with E-state index >= 15 is 0 Å². The summed E-state index contributed by atoms with van der Waals surface area (Å²) in [6, 6.07) is 6.85. The number of aromatic nitrogens is 3. The van der Waals surface area contributed by atoms with Crippen LogP contribution in [0.25, 0.3) is 11.4 Å². The highest BCUT2D eigenvalue weighted by Gasteiger charge is 2.40. The summed E-state index contributed by atoms with van der Waals surface area (Å²) >= 11 is 5.85. The molecule has 2 aromatic carbocycles. The van der Waals surface area contributed by atoms with Crippen LogP contribution in [-0.4, -0.2) is 55.0 Å². The maximum atomic E-state index is 13.4. The van der Waals surface area contributed by atoms with Gasteiger partial charge in [-0.1, -0.05) is 23.7 Å². The first-order valence-corrected chi connectivity index (χ1v) is 12.9. The van der Waals surface area contributed by atoms with E-state index in [1.165, 1.54) is 38.1 Å². The van der Waals surface area contributed by atoms with Crippen LogP contribution in [0, 0.1) is 0 Å². The van der Waals surface area contributed by atoms with E-state index in [1.807, 2.05) is 0 Å². The molecule has 3 amide bonds. The van der Waals surface area contributed by atoms with Gasteiger partial charge in [-0.2, -0.15) is 26.3 Å². The van der Waals surface area contributed by atoms with Gasteiger partial charge in [-0.05, 0) is 55.8 Å². The smallest absolute Gasteiger partial charge is 0.382 e. The van der Waals surface area contributed by atoms with E-state index in [-0.39, 0.29) is 22.0 Å². The van der Waals surface area contributed by atoms with Gasteiger partial charge in [0.05, 0.1) is 12.1 Å². The molecule has 0 aliphatic heterocycles. The number of hydrogen-bond acceptors (Lipinski definition) is 6. The molecule has 0 aliphatic rings. The van der Waals surface area contributed by atoms with E-state index in [9.17, 15) is 50.6 Å². The van der Waals surface area contributed by atoms with Gasteiger partial charge < -0.3 is 21.5 Å². The predicted octanol–water partition coefficient (Wildman–Crippen LogP) is 2.54. The molecule has 3 aromatic rings. The van der Waals surface area contributed by atoms with Crippen LogP contribution in [0.4, 0.5) is 26.3 Å². The normalized spacial score (nSPS) is 13.7. The molecule has 0 saturated carbocycles. The lowest BCUT2D eigenvalue weighted by Crippen LogP contribution is -2.56. The second-order valence-electron chi connectivity index (χ2n) is 10.0. The van der Waals surface area contributed by atoms with E-state index in [0.717, 1.165) is 12.1 Å². The lowest BCUT2D eigenvalue weighted by molar-refractivity contribution is -0.207. The average Bonchev–Trinajstić information content (AvgIpc) is 3.20. The highest BCUT2D eigenvalue weighted by molar-refractivity contribution is 6.30. The molecule has 44 heavy (non-hydrogen) atoms. The summed E-state index contributed by atoms with van der Waals surface area (Å²) in [7, 11) is 0. The fourth-order valence-electron chi connectivity index (χ4n) is 3.78. The quantitative estimate of drug-likeness (QED) is 0.247. The molecule has 0 spiro atoms. The number of halogens is 7. The number of aliphatic hydroxyl groups excluding tert-OH is 1. The zero-order valence-electron chi connectivity index (χ0n) is 22.8. The van der Waals surface area contributed by atoms with Crippen molar-refractivity contribution < 1.29 is 45.8 Å². The Balaban J connectivity index is 2.01. The summed E-state index contributed by atoms with van der Waals surface area (Å²) in [5.41, 5.74) is 0.859. The molecular weight excluding hydrogens is 626 g/mol. The second kappa shape index (κ2) is 12.7. The fourth-order valence-corrected chi connectivity index (χ4v) is 3.90. The third-order valence-corrected chi connectivity index (χ3v) is 6.47. The minimum Gasteiger partial charge on any atom is -0.382 e. The Morgan fingerprint density at radius 2 is 1.66 bits per heavy atom. The van der Waals surface area contributed by atoms with Crippen LogP contribution >= 0.6 is 11.6 Å². The fraction of sp³-hybridized carbons (Fsp3) is 0.346. The summed E-state index contributed by atoms with van der Waals surface area (Å²) in [5.74, 6) is -3.70. The van der Waals surface area contributed by atoms with E-state index < -0.39 is 72.1 Å². The summed E-state index contributed by atoms with van der Waals surface area (Å²) in [6.07, 6.45) is -12.9. The van der Waals surface area contributed by atoms with E-state index in [1.54, 1.807) is 0 Å². The third-order valence-electron chi connectivity index (χ3n) is 6.22. The second-order valence-corrected chi connectivity index (χ2v) is 10.5. The van der Waals surface area contributed by atoms with Gasteiger partial charge in [0.2, 0.25) is 17.7 Å². The first-order chi connectivity index (χ1) is 20.2. The van der Waals surface area contributed by atoms with Crippen molar-refractivity contribution in [1.29, 1.82) is 0 Å². The monoisotopic (exact) mass is 650 g/mol. The number of aliphatic hydroxyl groups is 1. The van der Waals surface area contributed by atoms with E-state index in [4.69, 9.17) is 17.3 Å². The van der Waals surface area contributed by atoms with Gasteiger partial charge in [-0.3, -0.25) is 19.0 Å². The molecule has 0 bridgehead atoms. The lowest BCUT2D eigenvalue weighted by Gasteiger charge is -2.27. The third kappa shape index (κ3) is 8.16. The summed E-state index contributed by atoms with van der Waals surface area (Å²) in [5, 5.41) is 18.2. The number of nitrogens with one attached hydrogen (secondary N) is 2. The molecule has 0 radical (unpaired) electrons. The number of carbonyl (C=O) groups excluding carboxylic acids is 3. The number of amides is 3. The van der Waals surface area contributed by atoms with Gasteiger partial charge in [0, 0.05) is 10.6 Å². The summed E-state index contributed by atoms with van der Waals surface area (Å²) < 4.78 is 80.4. The molecule has 3 rings (SSSR count). The molecule has 0 aliphatic carbocycles. The van der Waals surface area contributed by atoms with Crippen molar-refractivity contribution in [3.05, 3.63) is 75.2 Å². The van der Waals surface area contributed by atoms with E-state index in [2.05, 4.69) is 15.7 Å². The van der Waals surface area contributed by atoms with Crippen LogP contribution in [0.2, 0.25) is 5.02 Å². The van der Waals surface area contributed by atoms with Crippen molar-refractivity contribution in [3.8, 4) is 11.4 Å². The van der Waals surface area contributed by atoms with Gasteiger partial charge in [0.15, 0.2) is 11.9 Å². The van der Waals surface area contributed by atoms with Gasteiger partial charge in [-0.15, -0.1) is 5.10 Å². The van der Waals surface area contributed by atoms with Crippen molar-refractivity contribution in [1.82, 2.24) is 25.0 Å². The lowest BCUT2D eigenvalue weighted by atomic mass is 9.99. The van der Waals surface area contributed by atoms with Crippen LogP contribution in [-0.2, 0) is 33.6 Å². The van der Waals surface area contributed by atoms with Crippen molar-refractivity contribution in [2.45, 2.75) is 57.0 Å². The maximum Gasteiger partial charge on any atom is 0.416 e. The number of benzene rings is 2. The molecular formula is C26H25ClF6N6O5. The Hall–Kier alpha value is -4.38. The molecule has 0 fully saturated rings. The number of hydrogen-bond donors (Lipinski definition) is 4. The maximum absolute atomic E-state index is 13.4. The number of alkyl halides is 6. The molecule has 2 unspecified atom stereocenters. The molecule has 5 N–H and O–H groups in total. The number of nitrogens with two attached hydrogens (primary N) is 1. The van der Waals surface area contributed by atoms with E-state index in [0.29, 0.717) is 21.4 Å². The van der Waals surface area contributed by atoms with Crippen LogP contribution in [0.1, 0.15) is 31.0 Å². The Kier molecular flexibility index (Phi) is 9.84. The summed E-state index contributed by atoms with van der Waals surface area (Å²) in [6.45, 7) is 0.103. The van der Waals surface area contributed by atoms with Crippen LogP contribution in [0.15, 0.2) is 53.3 Å². The first-order valence-electron chi connectivity index (χ1n) is 12.5. The van der Waals surface area contributed by atoms with Crippen molar-refractivity contribution in [2.24, 2.45) is 5.73 Å². The molecule has 18 heteroatoms. The SMILES string of the molecule is CC(C)(NC(=O)C(NC(=O)Cn1nc(-c2ccc(Cl)cc2)n(CC(O)C(F)(F)F)c1=O)c1cccc(C(F)(F)F)c1)C(N)=O. The van der Waals surface area contributed by atoms with Crippen molar-refractivity contribution >= 4 is 29.3 Å². The predicted molar refractivity (Wildman–Crippen MR) is 143 cm³/mol. The van der Waals surface area contributed by atoms with Gasteiger partial charge in [-0.25, -0.2) is 9.48 Å². The zero-order valence-corrected chi connectivity index (χ0v) is 23.6. The number of carbonyl (C=O) groups is 3. The highest BCUT2D eigenvalue weighted by atomic mass is 35.5. The highest BCUT2D eigenvalue weighted by Crippen LogP contribution is 2.31. The summed E-state index contributed by atoms with van der Waals surface area (Å²) in [4.78, 5) is 51.0. The molecule has 238 valence electrons. The van der Waals surface area contributed by atoms with Crippen molar-refractivity contribution in [2.75, 3.05) is 0 Å². The zero-order chi connectivity index (χ0) is 33.2. The molecule has 11 nitrogen and oxygen atoms in total. The average molecular weight is 651 g/mol. The number of rotatable bonds is 10. The van der Waals surface area contributed by atoms with Gasteiger partial charge in [0.25, 0.3) is 0 Å². The van der Waals surface area contributed by atoms with Crippen LogP contribution < -0.4 is 22.1 Å². The standard InChI is InChI=1S/C26H25ClF6N6O5/c1-24(2,22(34)43)36-21(42)19(14-4-3-5-15(10-14)25(28,29)30)35-18(41)12-39-23(44)38(11-17(40)26(31,32)33)20(37-39)13-6-8-16(27)9-7-13/h3-10,17,19,40H,11-12H2,1-2H3,(H2,34,43)(H,35,41)(H,36,42). The molecule has 1 aromatic heterocycles. The number of nitrogens with zero attached hydrogens (tertiary/aromatic N) is 3. The Labute approximate surface area is 249 Å². The van der Waals surface area contributed by atoms with Crippen LogP contribution in [0.5, 0.6) is 0 Å². The molecule has 2 atom stereocenters.